The van der Waals surface area contributed by atoms with E-state index in [1.165, 1.54) is 22.5 Å². The molecule has 1 aliphatic heterocycles. The fourth-order valence-electron chi connectivity index (χ4n) is 2.92. The fraction of sp³-hybridized carbons (Fsp3) is 0.353. The minimum Gasteiger partial charge on any atom is -0.384 e. The predicted molar refractivity (Wildman–Crippen MR) is 89.0 cm³/mol. The maximum absolute atomic E-state index is 5.77. The summed E-state index contributed by atoms with van der Waals surface area (Å²) in [4.78, 5) is 8.91. The molecule has 0 saturated carbocycles. The van der Waals surface area contributed by atoms with Crippen LogP contribution in [0.4, 0.5) is 17.2 Å². The third kappa shape index (κ3) is 2.79. The van der Waals surface area contributed by atoms with Crippen LogP contribution in [-0.4, -0.2) is 31.2 Å². The van der Waals surface area contributed by atoms with E-state index in [9.17, 15) is 0 Å². The third-order valence-corrected chi connectivity index (χ3v) is 4.33. The molecule has 0 radical (unpaired) electrons. The van der Waals surface area contributed by atoms with E-state index in [-0.39, 0.29) is 0 Å². The van der Waals surface area contributed by atoms with E-state index in [4.69, 9.17) is 5.73 Å². The first kappa shape index (κ1) is 13.7. The molecule has 4 heteroatoms. The number of piperazine rings is 1. The molecule has 0 bridgehead atoms. The molecule has 2 heterocycles. The minimum absolute atomic E-state index is 0.587. The number of nitrogens with two attached hydrogens (primary N) is 1. The quantitative estimate of drug-likeness (QED) is 0.919. The van der Waals surface area contributed by atoms with Gasteiger partial charge in [0.25, 0.3) is 0 Å². The van der Waals surface area contributed by atoms with Gasteiger partial charge < -0.3 is 15.5 Å². The standard InChI is InChI=1S/C17H22N4/c1-13-4-3-5-16(14(13)2)21-10-8-20(9-11-21)15-6-7-19-17(18)12-15/h3-7,12H,8-11H2,1-2H3,(H2,18,19). The van der Waals surface area contributed by atoms with E-state index in [0.717, 1.165) is 26.2 Å². The van der Waals surface area contributed by atoms with Crippen LogP contribution in [0.1, 0.15) is 11.1 Å². The summed E-state index contributed by atoms with van der Waals surface area (Å²) < 4.78 is 0. The maximum Gasteiger partial charge on any atom is 0.125 e. The lowest BCUT2D eigenvalue weighted by atomic mass is 10.1. The van der Waals surface area contributed by atoms with Crippen molar-refractivity contribution in [3.63, 3.8) is 0 Å². The van der Waals surface area contributed by atoms with Gasteiger partial charge in [0.05, 0.1) is 0 Å². The second-order valence-electron chi connectivity index (χ2n) is 5.63. The third-order valence-electron chi connectivity index (χ3n) is 4.33. The van der Waals surface area contributed by atoms with Crippen molar-refractivity contribution in [3.8, 4) is 0 Å². The van der Waals surface area contributed by atoms with Gasteiger partial charge in [0.15, 0.2) is 0 Å². The summed E-state index contributed by atoms with van der Waals surface area (Å²) in [5, 5.41) is 0. The monoisotopic (exact) mass is 282 g/mol. The molecule has 0 spiro atoms. The molecule has 1 aromatic carbocycles. The summed E-state index contributed by atoms with van der Waals surface area (Å²) in [6.07, 6.45) is 1.78. The Morgan fingerprint density at radius 2 is 1.71 bits per heavy atom. The van der Waals surface area contributed by atoms with Crippen LogP contribution < -0.4 is 15.5 Å². The predicted octanol–water partition coefficient (Wildman–Crippen LogP) is 2.61. The Balaban J connectivity index is 1.72. The van der Waals surface area contributed by atoms with Crippen molar-refractivity contribution in [3.05, 3.63) is 47.7 Å². The van der Waals surface area contributed by atoms with Crippen LogP contribution in [-0.2, 0) is 0 Å². The topological polar surface area (TPSA) is 45.4 Å². The van der Waals surface area contributed by atoms with E-state index in [0.29, 0.717) is 5.82 Å². The SMILES string of the molecule is Cc1cccc(N2CCN(c3ccnc(N)c3)CC2)c1C. The summed E-state index contributed by atoms with van der Waals surface area (Å²) in [7, 11) is 0. The van der Waals surface area contributed by atoms with Crippen molar-refractivity contribution in [1.29, 1.82) is 0 Å². The molecule has 2 aromatic rings. The van der Waals surface area contributed by atoms with Gasteiger partial charge in [-0.2, -0.15) is 0 Å². The molecule has 1 aromatic heterocycles. The lowest BCUT2D eigenvalue weighted by Crippen LogP contribution is -2.46. The van der Waals surface area contributed by atoms with Crippen molar-refractivity contribution in [2.24, 2.45) is 0 Å². The summed E-state index contributed by atoms with van der Waals surface area (Å²) >= 11 is 0. The number of rotatable bonds is 2. The van der Waals surface area contributed by atoms with Crippen LogP contribution in [0.5, 0.6) is 0 Å². The van der Waals surface area contributed by atoms with Gasteiger partial charge in [0.1, 0.15) is 5.82 Å². The molecule has 0 unspecified atom stereocenters. The molecule has 110 valence electrons. The molecule has 2 N–H and O–H groups in total. The van der Waals surface area contributed by atoms with E-state index < -0.39 is 0 Å². The summed E-state index contributed by atoms with van der Waals surface area (Å²) in [6.45, 7) is 8.47. The molecule has 0 aliphatic carbocycles. The highest BCUT2D eigenvalue weighted by molar-refractivity contribution is 5.58. The Labute approximate surface area is 126 Å². The van der Waals surface area contributed by atoms with Gasteiger partial charge >= 0.3 is 0 Å². The van der Waals surface area contributed by atoms with Crippen LogP contribution >= 0.6 is 0 Å². The molecular formula is C17H22N4. The number of anilines is 3. The lowest BCUT2D eigenvalue weighted by molar-refractivity contribution is 0.652. The normalized spacial score (nSPS) is 15.3. The Kier molecular flexibility index (Phi) is 3.69. The number of benzene rings is 1. The Hall–Kier alpha value is -2.23. The second-order valence-corrected chi connectivity index (χ2v) is 5.63. The first-order valence-electron chi connectivity index (χ1n) is 7.43. The summed E-state index contributed by atoms with van der Waals surface area (Å²) in [5.41, 5.74) is 11.1. The highest BCUT2D eigenvalue weighted by atomic mass is 15.3. The van der Waals surface area contributed by atoms with Gasteiger partial charge in [-0.15, -0.1) is 0 Å². The summed E-state index contributed by atoms with van der Waals surface area (Å²) in [6, 6.07) is 10.5. The van der Waals surface area contributed by atoms with Crippen LogP contribution in [0.3, 0.4) is 0 Å². The number of aryl methyl sites for hydroxylation is 1. The Bertz CT molecular complexity index is 630. The number of hydrogen-bond donors (Lipinski definition) is 1. The summed E-state index contributed by atoms with van der Waals surface area (Å²) in [5.74, 6) is 0.587. The molecule has 3 rings (SSSR count). The average molecular weight is 282 g/mol. The van der Waals surface area contributed by atoms with E-state index in [1.807, 2.05) is 12.1 Å². The van der Waals surface area contributed by atoms with E-state index in [1.54, 1.807) is 6.20 Å². The molecular weight excluding hydrogens is 260 g/mol. The van der Waals surface area contributed by atoms with Crippen molar-refractivity contribution in [1.82, 2.24) is 4.98 Å². The van der Waals surface area contributed by atoms with E-state index in [2.05, 4.69) is 46.8 Å². The molecule has 1 saturated heterocycles. The number of hydrogen-bond acceptors (Lipinski definition) is 4. The first-order valence-corrected chi connectivity index (χ1v) is 7.43. The van der Waals surface area contributed by atoms with Crippen LogP contribution in [0, 0.1) is 13.8 Å². The van der Waals surface area contributed by atoms with Crippen LogP contribution in [0.15, 0.2) is 36.5 Å². The van der Waals surface area contributed by atoms with Gasteiger partial charge in [-0.25, -0.2) is 4.98 Å². The van der Waals surface area contributed by atoms with Crippen molar-refractivity contribution in [2.75, 3.05) is 41.7 Å². The zero-order chi connectivity index (χ0) is 14.8. The van der Waals surface area contributed by atoms with Gasteiger partial charge in [0.2, 0.25) is 0 Å². The number of nitrogen functional groups attached to an aromatic ring is 1. The van der Waals surface area contributed by atoms with Gasteiger partial charge in [-0.1, -0.05) is 12.1 Å². The van der Waals surface area contributed by atoms with Gasteiger partial charge in [-0.05, 0) is 37.1 Å². The Morgan fingerprint density at radius 1 is 1.00 bits per heavy atom. The molecule has 1 fully saturated rings. The average Bonchev–Trinajstić information content (AvgIpc) is 2.50. The Morgan fingerprint density at radius 3 is 2.43 bits per heavy atom. The number of pyridine rings is 1. The second kappa shape index (κ2) is 5.64. The smallest absolute Gasteiger partial charge is 0.125 e. The molecule has 0 amide bonds. The van der Waals surface area contributed by atoms with Crippen molar-refractivity contribution in [2.45, 2.75) is 13.8 Å². The molecule has 0 atom stereocenters. The first-order chi connectivity index (χ1) is 10.1. The van der Waals surface area contributed by atoms with Crippen LogP contribution in [0.2, 0.25) is 0 Å². The van der Waals surface area contributed by atoms with Gasteiger partial charge in [-0.3, -0.25) is 0 Å². The van der Waals surface area contributed by atoms with Crippen LogP contribution in [0.25, 0.3) is 0 Å². The maximum atomic E-state index is 5.77. The molecule has 4 nitrogen and oxygen atoms in total. The largest absolute Gasteiger partial charge is 0.384 e. The zero-order valence-electron chi connectivity index (χ0n) is 12.7. The number of nitrogens with zero attached hydrogens (tertiary/aromatic N) is 3. The zero-order valence-corrected chi connectivity index (χ0v) is 12.7. The van der Waals surface area contributed by atoms with Crippen molar-refractivity contribution < 1.29 is 0 Å². The lowest BCUT2D eigenvalue weighted by Gasteiger charge is -2.38. The van der Waals surface area contributed by atoms with Crippen molar-refractivity contribution >= 4 is 17.2 Å². The number of aromatic nitrogens is 1. The highest BCUT2D eigenvalue weighted by Crippen LogP contribution is 2.25. The van der Waals surface area contributed by atoms with E-state index >= 15 is 0 Å². The highest BCUT2D eigenvalue weighted by Gasteiger charge is 2.19. The van der Waals surface area contributed by atoms with Gasteiger partial charge in [0, 0.05) is 49.8 Å². The minimum atomic E-state index is 0.587. The molecule has 1 aliphatic rings. The fourth-order valence-corrected chi connectivity index (χ4v) is 2.92. The molecule has 21 heavy (non-hydrogen) atoms.